The van der Waals surface area contributed by atoms with Gasteiger partial charge in [0.25, 0.3) is 0 Å². The Bertz CT molecular complexity index is 486. The van der Waals surface area contributed by atoms with E-state index in [1.165, 1.54) is 0 Å². The molecule has 0 saturated carbocycles. The van der Waals surface area contributed by atoms with Crippen LogP contribution < -0.4 is 0 Å². The van der Waals surface area contributed by atoms with Gasteiger partial charge >= 0.3 is 0 Å². The van der Waals surface area contributed by atoms with Gasteiger partial charge in [0.15, 0.2) is 0 Å². The Labute approximate surface area is 138 Å². The average molecular weight is 320 g/mol. The van der Waals surface area contributed by atoms with Crippen LogP contribution in [0.2, 0.25) is 0 Å². The Morgan fingerprint density at radius 3 is 2.57 bits per heavy atom. The normalized spacial score (nSPS) is 27.4. The molecule has 5 nitrogen and oxygen atoms in total. The van der Waals surface area contributed by atoms with E-state index in [1.54, 1.807) is 7.11 Å². The molecule has 5 heteroatoms. The number of piperidine rings is 1. The molecule has 0 bridgehead atoms. The number of methoxy groups -OCH3 is 1. The maximum atomic E-state index is 12.8. The number of amides is 1. The second-order valence-corrected chi connectivity index (χ2v) is 6.67. The van der Waals surface area contributed by atoms with E-state index in [9.17, 15) is 4.79 Å². The monoisotopic (exact) mass is 320 g/mol. The molecule has 0 N–H and O–H groups in total. The summed E-state index contributed by atoms with van der Waals surface area (Å²) in [5.74, 6) is 1.04. The highest BCUT2D eigenvalue weighted by Gasteiger charge is 2.31. The summed E-state index contributed by atoms with van der Waals surface area (Å²) in [6.07, 6.45) is 7.05. The van der Waals surface area contributed by atoms with Crippen LogP contribution in [0, 0.1) is 5.92 Å². The van der Waals surface area contributed by atoms with Crippen molar-refractivity contribution < 1.29 is 14.3 Å². The van der Waals surface area contributed by atoms with Crippen molar-refractivity contribution in [1.29, 1.82) is 0 Å². The molecule has 2 fully saturated rings. The zero-order chi connectivity index (χ0) is 16.2. The van der Waals surface area contributed by atoms with E-state index >= 15 is 0 Å². The predicted octanol–water partition coefficient (Wildman–Crippen LogP) is 1.81. The molecule has 0 radical (unpaired) electrons. The van der Waals surface area contributed by atoms with Gasteiger partial charge in [-0.25, -0.2) is 0 Å². The van der Waals surface area contributed by atoms with Crippen molar-refractivity contribution in [3.05, 3.63) is 23.5 Å². The van der Waals surface area contributed by atoms with Gasteiger partial charge in [-0.1, -0.05) is 6.08 Å². The lowest BCUT2D eigenvalue weighted by Crippen LogP contribution is -2.50. The van der Waals surface area contributed by atoms with Crippen LogP contribution in [0.4, 0.5) is 0 Å². The van der Waals surface area contributed by atoms with Gasteiger partial charge in [-0.15, -0.1) is 0 Å². The lowest BCUT2D eigenvalue weighted by atomic mass is 9.93. The summed E-state index contributed by atoms with van der Waals surface area (Å²) < 4.78 is 10.8. The van der Waals surface area contributed by atoms with Gasteiger partial charge in [0, 0.05) is 32.2 Å². The molecule has 3 rings (SSSR count). The highest BCUT2D eigenvalue weighted by Crippen LogP contribution is 2.26. The fourth-order valence-corrected chi connectivity index (χ4v) is 3.82. The van der Waals surface area contributed by atoms with Gasteiger partial charge in [0.2, 0.25) is 5.91 Å². The van der Waals surface area contributed by atoms with Crippen LogP contribution in [0.1, 0.15) is 26.2 Å². The summed E-state index contributed by atoms with van der Waals surface area (Å²) in [4.78, 5) is 17.3. The molecule has 2 aliphatic heterocycles. The second kappa shape index (κ2) is 7.49. The molecule has 1 amide bonds. The highest BCUT2D eigenvalue weighted by atomic mass is 16.5. The zero-order valence-electron chi connectivity index (χ0n) is 14.3. The summed E-state index contributed by atoms with van der Waals surface area (Å²) in [5.41, 5.74) is 1.13. The number of rotatable bonds is 3. The van der Waals surface area contributed by atoms with Crippen molar-refractivity contribution in [3.63, 3.8) is 0 Å². The molecule has 1 aliphatic carbocycles. The largest absolute Gasteiger partial charge is 0.497 e. The van der Waals surface area contributed by atoms with E-state index in [0.717, 1.165) is 70.0 Å². The molecule has 1 atom stereocenters. The second-order valence-electron chi connectivity index (χ2n) is 6.67. The molecule has 2 saturated heterocycles. The number of ether oxygens (including phenoxy) is 2. The molecule has 0 aromatic carbocycles. The van der Waals surface area contributed by atoms with Crippen LogP contribution >= 0.6 is 0 Å². The number of likely N-dealkylation sites (tertiary alicyclic amines) is 1. The van der Waals surface area contributed by atoms with E-state index in [1.807, 2.05) is 17.9 Å². The fraction of sp³-hybridized carbons (Fsp3) is 0.722. The topological polar surface area (TPSA) is 42.0 Å². The minimum atomic E-state index is -0.0615. The predicted molar refractivity (Wildman–Crippen MR) is 89.0 cm³/mol. The number of carbonyl (C=O) groups excluding carboxylic acids is 1. The molecule has 2 heterocycles. The Kier molecular flexibility index (Phi) is 5.38. The van der Waals surface area contributed by atoms with Crippen molar-refractivity contribution in [2.75, 3.05) is 46.5 Å². The lowest BCUT2D eigenvalue weighted by molar-refractivity contribution is -0.135. The van der Waals surface area contributed by atoms with Gasteiger partial charge in [-0.05, 0) is 37.8 Å². The molecule has 23 heavy (non-hydrogen) atoms. The first-order chi connectivity index (χ1) is 11.2. The number of carbonyl (C=O) groups is 1. The van der Waals surface area contributed by atoms with Crippen LogP contribution in [-0.4, -0.2) is 68.3 Å². The van der Waals surface area contributed by atoms with Crippen molar-refractivity contribution in [2.24, 2.45) is 5.92 Å². The Balaban J connectivity index is 1.53. The quantitative estimate of drug-likeness (QED) is 0.795. The Morgan fingerprint density at radius 2 is 1.91 bits per heavy atom. The zero-order valence-corrected chi connectivity index (χ0v) is 14.3. The van der Waals surface area contributed by atoms with Crippen LogP contribution in [0.5, 0.6) is 0 Å². The van der Waals surface area contributed by atoms with Gasteiger partial charge in [-0.2, -0.15) is 0 Å². The number of hydrogen-bond acceptors (Lipinski definition) is 4. The van der Waals surface area contributed by atoms with Crippen LogP contribution in [0.3, 0.4) is 0 Å². The summed E-state index contributed by atoms with van der Waals surface area (Å²) in [6.45, 7) is 7.53. The maximum absolute atomic E-state index is 12.8. The summed E-state index contributed by atoms with van der Waals surface area (Å²) >= 11 is 0. The number of hydrogen-bond donors (Lipinski definition) is 0. The molecular weight excluding hydrogens is 292 g/mol. The van der Waals surface area contributed by atoms with E-state index < -0.39 is 0 Å². The molecule has 0 aromatic rings. The summed E-state index contributed by atoms with van der Waals surface area (Å²) in [7, 11) is 1.67. The minimum Gasteiger partial charge on any atom is -0.497 e. The van der Waals surface area contributed by atoms with Gasteiger partial charge in [0.05, 0.1) is 26.2 Å². The van der Waals surface area contributed by atoms with Crippen molar-refractivity contribution in [3.8, 4) is 0 Å². The Morgan fingerprint density at radius 1 is 1.22 bits per heavy atom. The number of nitrogens with zero attached hydrogens (tertiary/aromatic N) is 2. The Hall–Kier alpha value is -1.33. The van der Waals surface area contributed by atoms with Crippen molar-refractivity contribution in [2.45, 2.75) is 32.2 Å². The molecule has 0 spiro atoms. The summed E-state index contributed by atoms with van der Waals surface area (Å²) in [5, 5.41) is 0. The molecule has 0 aromatic heterocycles. The highest BCUT2D eigenvalue weighted by molar-refractivity contribution is 5.81. The first-order valence-corrected chi connectivity index (χ1v) is 8.72. The minimum absolute atomic E-state index is 0.0615. The smallest absolute Gasteiger partial charge is 0.229 e. The molecule has 128 valence electrons. The summed E-state index contributed by atoms with van der Waals surface area (Å²) in [6, 6.07) is 0.613. The fourth-order valence-electron chi connectivity index (χ4n) is 3.82. The standard InChI is InChI=1S/C18H28N2O3/c1-14-3-4-15(13-17(14)22-2)18(21)20-7-5-16(6-8-20)19-9-11-23-12-10-19/h3,13,15-16H,4-12H2,1-2H3/t15-/m0/s1. The van der Waals surface area contributed by atoms with E-state index in [2.05, 4.69) is 11.0 Å². The van der Waals surface area contributed by atoms with Crippen LogP contribution in [0.25, 0.3) is 0 Å². The number of morpholine rings is 1. The van der Waals surface area contributed by atoms with E-state index in [0.29, 0.717) is 6.04 Å². The first kappa shape index (κ1) is 16.5. The third-order valence-corrected chi connectivity index (χ3v) is 5.29. The van der Waals surface area contributed by atoms with Crippen LogP contribution in [0.15, 0.2) is 23.5 Å². The van der Waals surface area contributed by atoms with E-state index in [4.69, 9.17) is 9.47 Å². The van der Waals surface area contributed by atoms with Crippen molar-refractivity contribution >= 4 is 5.91 Å². The third-order valence-electron chi connectivity index (χ3n) is 5.29. The van der Waals surface area contributed by atoms with Gasteiger partial charge in [0.1, 0.15) is 5.76 Å². The van der Waals surface area contributed by atoms with Crippen molar-refractivity contribution in [1.82, 2.24) is 9.80 Å². The third kappa shape index (κ3) is 3.78. The first-order valence-electron chi connectivity index (χ1n) is 8.72. The maximum Gasteiger partial charge on any atom is 0.229 e. The average Bonchev–Trinajstić information content (AvgIpc) is 2.62. The van der Waals surface area contributed by atoms with Gasteiger partial charge in [-0.3, -0.25) is 9.69 Å². The van der Waals surface area contributed by atoms with E-state index in [-0.39, 0.29) is 11.8 Å². The lowest BCUT2D eigenvalue weighted by Gasteiger charge is -2.40. The SMILES string of the molecule is COC1=C[C@@H](C(=O)N2CCC(N3CCOCC3)CC2)CC=C1C. The van der Waals surface area contributed by atoms with Gasteiger partial charge < -0.3 is 14.4 Å². The van der Waals surface area contributed by atoms with Crippen LogP contribution in [-0.2, 0) is 14.3 Å². The number of allylic oxidation sites excluding steroid dienone is 2. The molecule has 3 aliphatic rings. The molecule has 0 unspecified atom stereocenters. The molecular formula is C18H28N2O3.